The second-order valence-corrected chi connectivity index (χ2v) is 7.72. The summed E-state index contributed by atoms with van der Waals surface area (Å²) in [6.07, 6.45) is -5.64. The van der Waals surface area contributed by atoms with Crippen LogP contribution in [0.2, 0.25) is 0 Å². The Balaban J connectivity index is 1.88. The van der Waals surface area contributed by atoms with Crippen LogP contribution in [0.3, 0.4) is 0 Å². The number of ether oxygens (including phenoxy) is 3. The number of anilines is 1. The van der Waals surface area contributed by atoms with Crippen LogP contribution in [0.1, 0.15) is 17.2 Å². The number of methoxy groups -OCH3 is 2. The zero-order chi connectivity index (χ0) is 22.3. The third kappa shape index (κ3) is 3.66. The van der Waals surface area contributed by atoms with Gasteiger partial charge in [0.05, 0.1) is 25.5 Å². The van der Waals surface area contributed by atoms with Gasteiger partial charge in [-0.3, -0.25) is 4.90 Å². The second kappa shape index (κ2) is 7.93. The molecular weight excluding hydrogens is 435 g/mol. The molecule has 0 spiro atoms. The molecule has 162 valence electrons. The van der Waals surface area contributed by atoms with Crippen LogP contribution < -0.4 is 4.90 Å². The van der Waals surface area contributed by atoms with Crippen molar-refractivity contribution in [2.75, 3.05) is 19.1 Å². The van der Waals surface area contributed by atoms with Gasteiger partial charge in [0.15, 0.2) is 5.56 Å². The number of para-hydroxylation sites is 1. The van der Waals surface area contributed by atoms with Gasteiger partial charge in [-0.1, -0.05) is 36.0 Å². The van der Waals surface area contributed by atoms with Crippen LogP contribution in [-0.2, 0) is 30.0 Å². The van der Waals surface area contributed by atoms with Gasteiger partial charge in [-0.25, -0.2) is 9.59 Å². The molecule has 6 nitrogen and oxygen atoms in total. The van der Waals surface area contributed by atoms with Gasteiger partial charge in [-0.15, -0.1) is 0 Å². The Kier molecular flexibility index (Phi) is 5.44. The molecule has 2 aliphatic heterocycles. The number of carbonyl (C=O) groups excluding carboxylic acids is 2. The Labute approximate surface area is 179 Å². The summed E-state index contributed by atoms with van der Waals surface area (Å²) >= 11 is 1.31. The van der Waals surface area contributed by atoms with Crippen LogP contribution in [-0.4, -0.2) is 31.7 Å². The number of nitrogens with zero attached hydrogens (tertiary/aromatic N) is 1. The molecule has 0 radical (unpaired) electrons. The number of rotatable bonds is 3. The zero-order valence-electron chi connectivity index (χ0n) is 16.3. The number of benzene rings is 2. The lowest BCUT2D eigenvalue weighted by Crippen LogP contribution is -2.43. The summed E-state index contributed by atoms with van der Waals surface area (Å²) in [4.78, 5) is 27.8. The Morgan fingerprint density at radius 1 is 1.00 bits per heavy atom. The second-order valence-electron chi connectivity index (χ2n) is 6.64. The molecule has 0 bridgehead atoms. The molecule has 4 rings (SSSR count). The highest BCUT2D eigenvalue weighted by Gasteiger charge is 2.47. The van der Waals surface area contributed by atoms with Crippen molar-refractivity contribution in [3.8, 4) is 0 Å². The van der Waals surface area contributed by atoms with Crippen molar-refractivity contribution in [1.29, 1.82) is 0 Å². The van der Waals surface area contributed by atoms with Crippen LogP contribution >= 0.6 is 11.8 Å². The fourth-order valence-electron chi connectivity index (χ4n) is 3.49. The van der Waals surface area contributed by atoms with Crippen molar-refractivity contribution in [2.24, 2.45) is 0 Å². The average molecular weight is 451 g/mol. The van der Waals surface area contributed by atoms with Crippen LogP contribution in [0, 0.1) is 0 Å². The quantitative estimate of drug-likeness (QED) is 0.646. The highest BCUT2D eigenvalue weighted by molar-refractivity contribution is 8.00. The normalized spacial score (nSPS) is 20.2. The number of thioether (sulfide) groups is 1. The summed E-state index contributed by atoms with van der Waals surface area (Å²) < 4.78 is 54.8. The van der Waals surface area contributed by atoms with Gasteiger partial charge in [-0.2, -0.15) is 13.2 Å². The van der Waals surface area contributed by atoms with E-state index in [1.54, 1.807) is 17.0 Å². The smallest absolute Gasteiger partial charge is 0.416 e. The number of halogens is 3. The minimum Gasteiger partial charge on any atom is -0.466 e. The Morgan fingerprint density at radius 3 is 2.26 bits per heavy atom. The lowest BCUT2D eigenvalue weighted by Gasteiger charge is -2.37. The molecule has 2 heterocycles. The van der Waals surface area contributed by atoms with Gasteiger partial charge in [-0.05, 0) is 29.8 Å². The van der Waals surface area contributed by atoms with Gasteiger partial charge in [0, 0.05) is 4.90 Å². The first-order valence-electron chi connectivity index (χ1n) is 9.04. The van der Waals surface area contributed by atoms with E-state index in [1.165, 1.54) is 31.0 Å². The average Bonchev–Trinajstić information content (AvgIpc) is 3.14. The number of hydrogen-bond acceptors (Lipinski definition) is 7. The van der Waals surface area contributed by atoms with E-state index in [2.05, 4.69) is 0 Å². The van der Waals surface area contributed by atoms with Crippen molar-refractivity contribution < 1.29 is 37.0 Å². The van der Waals surface area contributed by atoms with Crippen LogP contribution in [0.15, 0.2) is 64.7 Å². The van der Waals surface area contributed by atoms with E-state index in [1.807, 2.05) is 12.1 Å². The molecule has 0 fully saturated rings. The summed E-state index contributed by atoms with van der Waals surface area (Å²) in [5, 5.41) is 0. The summed E-state index contributed by atoms with van der Waals surface area (Å²) in [5.74, 6) is -1.64. The summed E-state index contributed by atoms with van der Waals surface area (Å²) in [6.45, 7) is 0. The molecule has 31 heavy (non-hydrogen) atoms. The molecule has 0 N–H and O–H groups in total. The largest absolute Gasteiger partial charge is 0.466 e. The molecule has 0 saturated carbocycles. The van der Waals surface area contributed by atoms with E-state index < -0.39 is 35.3 Å². The lowest BCUT2D eigenvalue weighted by molar-refractivity contribution is -0.142. The maximum atomic E-state index is 13.0. The minimum absolute atomic E-state index is 0.0760. The van der Waals surface area contributed by atoms with Crippen molar-refractivity contribution >= 4 is 29.4 Å². The summed E-state index contributed by atoms with van der Waals surface area (Å²) in [6, 6.07) is 11.4. The monoisotopic (exact) mass is 451 g/mol. The molecule has 10 heteroatoms. The number of alkyl halides is 3. The molecule has 2 atom stereocenters. The van der Waals surface area contributed by atoms with Gasteiger partial charge < -0.3 is 14.2 Å². The van der Waals surface area contributed by atoms with E-state index in [4.69, 9.17) is 14.2 Å². The summed E-state index contributed by atoms with van der Waals surface area (Å²) in [5.41, 5.74) is -0.882. The highest BCUT2D eigenvalue weighted by atomic mass is 32.2. The standard InChI is InChI=1S/C21H16F3NO5S/c1-28-18(26)15-16(19(27)29-2)25-13-5-3-4-6-14(13)31-20(25)30-17(15)11-7-9-12(10-8-11)21(22,23)24/h3-10,17,20H,1-2H3/t17-,20-/m1/s1. The Hall–Kier alpha value is -2.98. The molecule has 2 aromatic carbocycles. The third-order valence-corrected chi connectivity index (χ3v) is 6.02. The number of carbonyl (C=O) groups is 2. The van der Waals surface area contributed by atoms with Crippen molar-refractivity contribution in [3.63, 3.8) is 0 Å². The topological polar surface area (TPSA) is 65.1 Å². The van der Waals surface area contributed by atoms with Crippen molar-refractivity contribution in [3.05, 3.63) is 70.9 Å². The first-order valence-corrected chi connectivity index (χ1v) is 9.92. The van der Waals surface area contributed by atoms with E-state index >= 15 is 0 Å². The fourth-order valence-corrected chi connectivity index (χ4v) is 4.65. The Bertz CT molecular complexity index is 1070. The molecule has 0 saturated heterocycles. The number of esters is 2. The van der Waals surface area contributed by atoms with Gasteiger partial charge in [0.2, 0.25) is 0 Å². The Morgan fingerprint density at radius 2 is 1.65 bits per heavy atom. The molecule has 2 aromatic rings. The predicted molar refractivity (Wildman–Crippen MR) is 105 cm³/mol. The van der Waals surface area contributed by atoms with Crippen LogP contribution in [0.5, 0.6) is 0 Å². The van der Waals surface area contributed by atoms with E-state index in [9.17, 15) is 22.8 Å². The molecule has 0 unspecified atom stereocenters. The van der Waals surface area contributed by atoms with Crippen molar-refractivity contribution in [2.45, 2.75) is 22.7 Å². The summed E-state index contributed by atoms with van der Waals surface area (Å²) in [7, 11) is 2.32. The first kappa shape index (κ1) is 21.3. The number of fused-ring (bicyclic) bond motifs is 3. The molecule has 0 amide bonds. The molecule has 2 aliphatic rings. The molecule has 0 aliphatic carbocycles. The number of hydrogen-bond donors (Lipinski definition) is 0. The molecule has 0 aromatic heterocycles. The van der Waals surface area contributed by atoms with E-state index in [0.29, 0.717) is 5.69 Å². The van der Waals surface area contributed by atoms with Gasteiger partial charge in [0.25, 0.3) is 0 Å². The maximum Gasteiger partial charge on any atom is 0.416 e. The SMILES string of the molecule is COC(=O)C1=C(C(=O)OC)N2c3ccccc3S[C@H]2O[C@@H]1c1ccc(C(F)(F)F)cc1. The zero-order valence-corrected chi connectivity index (χ0v) is 17.1. The van der Waals surface area contributed by atoms with Crippen LogP contribution in [0.4, 0.5) is 18.9 Å². The van der Waals surface area contributed by atoms with E-state index in [-0.39, 0.29) is 16.8 Å². The fraction of sp³-hybridized carbons (Fsp3) is 0.238. The third-order valence-electron chi connectivity index (χ3n) is 4.90. The van der Waals surface area contributed by atoms with Crippen molar-refractivity contribution in [1.82, 2.24) is 0 Å². The maximum absolute atomic E-state index is 13.0. The van der Waals surface area contributed by atoms with Gasteiger partial charge >= 0.3 is 18.1 Å². The highest BCUT2D eigenvalue weighted by Crippen LogP contribution is 2.52. The van der Waals surface area contributed by atoms with E-state index in [0.717, 1.165) is 24.1 Å². The van der Waals surface area contributed by atoms with Gasteiger partial charge in [0.1, 0.15) is 17.4 Å². The first-order chi connectivity index (χ1) is 14.8. The lowest BCUT2D eigenvalue weighted by atomic mass is 9.96. The minimum atomic E-state index is -4.51. The predicted octanol–water partition coefficient (Wildman–Crippen LogP) is 4.27. The molecular formula is C21H16F3NO5S. The van der Waals surface area contributed by atoms with Crippen LogP contribution in [0.25, 0.3) is 0 Å².